The van der Waals surface area contributed by atoms with Crippen LogP contribution in [-0.2, 0) is 5.41 Å². The first-order valence-corrected chi connectivity index (χ1v) is 22.7. The SMILES string of the molecule is c1ccc2c3c(ccc2c1)-c1ccc(-c2c4ccccc4c(-c4ccc(-c5cccc6sc7ccccc7c56)cc4)c4ccccc24)cc1C31C2CC3CC(C2)CC1C3. The van der Waals surface area contributed by atoms with E-state index in [1.807, 2.05) is 11.3 Å². The van der Waals surface area contributed by atoms with Crippen molar-refractivity contribution in [2.75, 3.05) is 0 Å². The van der Waals surface area contributed by atoms with E-state index in [1.165, 1.54) is 129 Å². The molecule has 59 heavy (non-hydrogen) atoms. The smallest absolute Gasteiger partial charge is 0.0361 e. The van der Waals surface area contributed by atoms with Gasteiger partial charge in [0.25, 0.3) is 0 Å². The summed E-state index contributed by atoms with van der Waals surface area (Å²) in [6, 6.07) is 65.3. The minimum atomic E-state index is 0.0852. The monoisotopic (exact) mass is 770 g/mol. The molecule has 4 fully saturated rings. The Morgan fingerprint density at radius 1 is 0.390 bits per heavy atom. The van der Waals surface area contributed by atoms with Crippen molar-refractivity contribution in [1.82, 2.24) is 0 Å². The predicted octanol–water partition coefficient (Wildman–Crippen LogP) is 16.2. The van der Waals surface area contributed by atoms with Crippen molar-refractivity contribution >= 4 is 63.8 Å². The third kappa shape index (κ3) is 4.39. The molecule has 280 valence electrons. The Morgan fingerprint density at radius 3 is 1.63 bits per heavy atom. The van der Waals surface area contributed by atoms with Crippen LogP contribution >= 0.6 is 11.3 Å². The lowest BCUT2D eigenvalue weighted by Crippen LogP contribution is -2.55. The van der Waals surface area contributed by atoms with Crippen LogP contribution in [0.2, 0.25) is 0 Å². The number of thiophene rings is 1. The van der Waals surface area contributed by atoms with Gasteiger partial charge >= 0.3 is 0 Å². The van der Waals surface area contributed by atoms with Gasteiger partial charge in [-0.2, -0.15) is 0 Å². The quantitative estimate of drug-likeness (QED) is 0.157. The van der Waals surface area contributed by atoms with Crippen molar-refractivity contribution in [3.63, 3.8) is 0 Å². The van der Waals surface area contributed by atoms with Gasteiger partial charge in [0.05, 0.1) is 0 Å². The fourth-order valence-corrected chi connectivity index (χ4v) is 14.8. The Bertz CT molecular complexity index is 3310. The van der Waals surface area contributed by atoms with E-state index in [0.29, 0.717) is 11.8 Å². The molecule has 10 aromatic rings. The summed E-state index contributed by atoms with van der Waals surface area (Å²) in [5, 5.41) is 10.9. The lowest BCUT2D eigenvalue weighted by atomic mass is 9.43. The fourth-order valence-electron chi connectivity index (χ4n) is 13.7. The molecule has 15 rings (SSSR count). The van der Waals surface area contributed by atoms with Crippen LogP contribution in [0, 0.1) is 23.7 Å². The van der Waals surface area contributed by atoms with Crippen molar-refractivity contribution in [2.45, 2.75) is 37.5 Å². The highest BCUT2D eigenvalue weighted by Gasteiger charge is 2.62. The highest BCUT2D eigenvalue weighted by molar-refractivity contribution is 7.25. The Kier molecular flexibility index (Phi) is 6.70. The van der Waals surface area contributed by atoms with Gasteiger partial charge in [-0.25, -0.2) is 0 Å². The van der Waals surface area contributed by atoms with Crippen LogP contribution in [0.15, 0.2) is 170 Å². The summed E-state index contributed by atoms with van der Waals surface area (Å²) >= 11 is 1.89. The minimum Gasteiger partial charge on any atom is -0.135 e. The standard InChI is InChI=1S/C58H42S/c1-2-11-43-36(10-1)24-27-49-44-26-25-39(33-51(44)58(57(43)49)40-29-34-28-35(31-40)32-41(58)30-34)55-47-14-5-3-12-45(47)54(46-13-4-6-15-48(46)55)38-22-20-37(21-23-38)42-17-9-19-53-56(42)50-16-7-8-18-52(50)59-53/h1-27,33-35,40-41H,28-32H2. The van der Waals surface area contributed by atoms with E-state index in [-0.39, 0.29) is 5.41 Å². The third-order valence-corrected chi connectivity index (χ3v) is 16.8. The number of rotatable bonds is 3. The van der Waals surface area contributed by atoms with E-state index < -0.39 is 0 Å². The number of benzene rings is 9. The molecule has 0 amide bonds. The van der Waals surface area contributed by atoms with E-state index in [4.69, 9.17) is 0 Å². The van der Waals surface area contributed by atoms with Crippen LogP contribution in [0.4, 0.5) is 0 Å². The molecule has 1 spiro atoms. The lowest BCUT2D eigenvalue weighted by molar-refractivity contribution is -0.0393. The summed E-state index contributed by atoms with van der Waals surface area (Å²) in [5.41, 5.74) is 14.2. The molecule has 9 aromatic carbocycles. The normalized spacial score (nSPS) is 22.6. The topological polar surface area (TPSA) is 0 Å². The zero-order valence-electron chi connectivity index (χ0n) is 32.9. The second-order valence-electron chi connectivity index (χ2n) is 18.3. The Balaban J connectivity index is 0.969. The second-order valence-corrected chi connectivity index (χ2v) is 19.4. The molecule has 4 bridgehead atoms. The maximum absolute atomic E-state index is 2.70. The van der Waals surface area contributed by atoms with Crippen LogP contribution in [0.3, 0.4) is 0 Å². The molecule has 0 radical (unpaired) electrons. The summed E-state index contributed by atoms with van der Waals surface area (Å²) in [6.07, 6.45) is 7.01. The lowest BCUT2D eigenvalue weighted by Gasteiger charge is -2.61. The van der Waals surface area contributed by atoms with Crippen LogP contribution in [0.25, 0.3) is 97.0 Å². The van der Waals surface area contributed by atoms with Gasteiger partial charge in [-0.05, 0) is 162 Å². The molecule has 1 heterocycles. The highest BCUT2D eigenvalue weighted by atomic mass is 32.1. The van der Waals surface area contributed by atoms with E-state index in [1.54, 1.807) is 11.1 Å². The summed E-state index contributed by atoms with van der Waals surface area (Å²) in [6.45, 7) is 0. The van der Waals surface area contributed by atoms with Gasteiger partial charge < -0.3 is 0 Å². The Morgan fingerprint density at radius 2 is 0.932 bits per heavy atom. The second kappa shape index (κ2) is 12.0. The zero-order chi connectivity index (χ0) is 38.4. The summed E-state index contributed by atoms with van der Waals surface area (Å²) in [7, 11) is 0. The van der Waals surface area contributed by atoms with Gasteiger partial charge in [0, 0.05) is 25.6 Å². The first kappa shape index (κ1) is 32.9. The molecular formula is C58H42S. The van der Waals surface area contributed by atoms with Crippen LogP contribution in [0.5, 0.6) is 0 Å². The molecule has 0 N–H and O–H groups in total. The van der Waals surface area contributed by atoms with Crippen molar-refractivity contribution in [3.8, 4) is 44.5 Å². The van der Waals surface area contributed by atoms with Gasteiger partial charge in [0.15, 0.2) is 0 Å². The molecule has 0 nitrogen and oxygen atoms in total. The van der Waals surface area contributed by atoms with Crippen molar-refractivity contribution in [1.29, 1.82) is 0 Å². The molecule has 0 aliphatic heterocycles. The zero-order valence-corrected chi connectivity index (χ0v) is 33.7. The Labute approximate surface area is 348 Å². The molecule has 5 aliphatic rings. The molecule has 1 heteroatoms. The van der Waals surface area contributed by atoms with E-state index in [2.05, 4.69) is 170 Å². The average Bonchev–Trinajstić information content (AvgIpc) is 3.81. The molecule has 4 saturated carbocycles. The first-order valence-electron chi connectivity index (χ1n) is 21.8. The van der Waals surface area contributed by atoms with Gasteiger partial charge in [0.2, 0.25) is 0 Å². The van der Waals surface area contributed by atoms with Gasteiger partial charge in [-0.15, -0.1) is 11.3 Å². The molecular weight excluding hydrogens is 729 g/mol. The molecule has 0 atom stereocenters. The number of hydrogen-bond donors (Lipinski definition) is 0. The van der Waals surface area contributed by atoms with Crippen LogP contribution < -0.4 is 0 Å². The van der Waals surface area contributed by atoms with Crippen molar-refractivity contribution in [3.05, 3.63) is 181 Å². The molecule has 5 aliphatic carbocycles. The van der Waals surface area contributed by atoms with E-state index >= 15 is 0 Å². The highest BCUT2D eigenvalue weighted by Crippen LogP contribution is 2.70. The van der Waals surface area contributed by atoms with Gasteiger partial charge in [0.1, 0.15) is 0 Å². The predicted molar refractivity (Wildman–Crippen MR) is 251 cm³/mol. The molecule has 0 saturated heterocycles. The maximum atomic E-state index is 2.70. The minimum absolute atomic E-state index is 0.0852. The molecule has 1 aromatic heterocycles. The van der Waals surface area contributed by atoms with Crippen LogP contribution in [0.1, 0.15) is 43.2 Å². The Hall–Kier alpha value is -6.02. The van der Waals surface area contributed by atoms with Crippen molar-refractivity contribution < 1.29 is 0 Å². The van der Waals surface area contributed by atoms with Gasteiger partial charge in [-0.1, -0.05) is 152 Å². The summed E-state index contributed by atoms with van der Waals surface area (Å²) in [5.74, 6) is 3.24. The fraction of sp³-hybridized carbons (Fsp3) is 0.172. The largest absolute Gasteiger partial charge is 0.135 e. The first-order chi connectivity index (χ1) is 29.2. The van der Waals surface area contributed by atoms with E-state index in [0.717, 1.165) is 11.8 Å². The number of fused-ring (bicyclic) bond motifs is 10. The summed E-state index contributed by atoms with van der Waals surface area (Å²) in [4.78, 5) is 0. The van der Waals surface area contributed by atoms with Crippen LogP contribution in [-0.4, -0.2) is 0 Å². The molecule has 0 unspecified atom stereocenters. The van der Waals surface area contributed by atoms with Gasteiger partial charge in [-0.3, -0.25) is 0 Å². The average molecular weight is 771 g/mol. The third-order valence-electron chi connectivity index (χ3n) is 15.6. The summed E-state index contributed by atoms with van der Waals surface area (Å²) < 4.78 is 2.69. The van der Waals surface area contributed by atoms with E-state index in [9.17, 15) is 0 Å². The maximum Gasteiger partial charge on any atom is 0.0361 e. The number of hydrogen-bond acceptors (Lipinski definition) is 1. The van der Waals surface area contributed by atoms with Crippen molar-refractivity contribution in [2.24, 2.45) is 23.7 Å².